The second-order valence-corrected chi connectivity index (χ2v) is 6.05. The van der Waals surface area contributed by atoms with Crippen molar-refractivity contribution in [1.29, 1.82) is 0 Å². The van der Waals surface area contributed by atoms with Gasteiger partial charge in [0.05, 0.1) is 18.5 Å². The highest BCUT2D eigenvalue weighted by Crippen LogP contribution is 2.25. The van der Waals surface area contributed by atoms with Crippen LogP contribution in [-0.2, 0) is 4.79 Å². The maximum absolute atomic E-state index is 12.4. The number of likely N-dealkylation sites (tertiary alicyclic amines) is 1. The molecule has 7 heteroatoms. The van der Waals surface area contributed by atoms with Crippen LogP contribution >= 0.6 is 11.3 Å². The lowest BCUT2D eigenvalue weighted by Crippen LogP contribution is -2.43. The first-order chi connectivity index (χ1) is 10.1. The van der Waals surface area contributed by atoms with E-state index in [9.17, 15) is 9.59 Å². The minimum absolute atomic E-state index is 0.0336. The number of carbonyl (C=O) groups is 2. The van der Waals surface area contributed by atoms with E-state index in [-0.39, 0.29) is 12.5 Å². The first kappa shape index (κ1) is 15.8. The number of hydrogen-bond donors (Lipinski definition) is 2. The fraction of sp³-hybridized carbons (Fsp3) is 0.571. The average molecular weight is 312 g/mol. The summed E-state index contributed by atoms with van der Waals surface area (Å²) in [5, 5.41) is 13.4. The minimum Gasteiger partial charge on any atom is -0.496 e. The summed E-state index contributed by atoms with van der Waals surface area (Å²) in [6.07, 6.45) is 1.97. The Kier molecular flexibility index (Phi) is 5.58. The monoisotopic (exact) mass is 312 g/mol. The number of carbonyl (C=O) groups excluding carboxylic acids is 1. The SMILES string of the molecule is COc1csc(C(=O)N2CCCC(CNCC(=O)O)C2)c1. The highest BCUT2D eigenvalue weighted by molar-refractivity contribution is 7.12. The van der Waals surface area contributed by atoms with Gasteiger partial charge < -0.3 is 20.1 Å². The molecule has 2 N–H and O–H groups in total. The van der Waals surface area contributed by atoms with Crippen molar-refractivity contribution in [1.82, 2.24) is 10.2 Å². The molecule has 1 aromatic heterocycles. The number of nitrogens with one attached hydrogen (secondary N) is 1. The number of hydrogen-bond acceptors (Lipinski definition) is 5. The zero-order valence-electron chi connectivity index (χ0n) is 12.0. The summed E-state index contributed by atoms with van der Waals surface area (Å²) < 4.78 is 5.10. The Hall–Kier alpha value is -1.60. The molecule has 2 rings (SSSR count). The number of amides is 1. The number of carboxylic acid groups (broad SMARTS) is 1. The minimum atomic E-state index is -0.857. The Balaban J connectivity index is 1.87. The normalized spacial score (nSPS) is 18.5. The number of thiophene rings is 1. The Bertz CT molecular complexity index is 503. The van der Waals surface area contributed by atoms with Gasteiger partial charge in [-0.15, -0.1) is 11.3 Å². The molecule has 0 radical (unpaired) electrons. The van der Waals surface area contributed by atoms with E-state index in [2.05, 4.69) is 5.32 Å². The quantitative estimate of drug-likeness (QED) is 0.827. The van der Waals surface area contributed by atoms with Crippen LogP contribution in [0.3, 0.4) is 0 Å². The molecule has 1 fully saturated rings. The molecule has 1 aromatic rings. The van der Waals surface area contributed by atoms with Gasteiger partial charge >= 0.3 is 5.97 Å². The Morgan fingerprint density at radius 3 is 3.05 bits per heavy atom. The molecule has 0 spiro atoms. The van der Waals surface area contributed by atoms with Gasteiger partial charge in [0.15, 0.2) is 0 Å². The third kappa shape index (κ3) is 4.44. The van der Waals surface area contributed by atoms with Gasteiger partial charge in [-0.3, -0.25) is 9.59 Å². The molecule has 1 aliphatic heterocycles. The van der Waals surface area contributed by atoms with Gasteiger partial charge in [-0.1, -0.05) is 0 Å². The molecule has 1 atom stereocenters. The number of aliphatic carboxylic acids is 1. The van der Waals surface area contributed by atoms with Crippen LogP contribution in [0.25, 0.3) is 0 Å². The summed E-state index contributed by atoms with van der Waals surface area (Å²) in [5.41, 5.74) is 0. The third-order valence-electron chi connectivity index (χ3n) is 3.54. The summed E-state index contributed by atoms with van der Waals surface area (Å²) in [6.45, 7) is 2.02. The Labute approximate surface area is 127 Å². The highest BCUT2D eigenvalue weighted by atomic mass is 32.1. The Morgan fingerprint density at radius 2 is 2.38 bits per heavy atom. The Morgan fingerprint density at radius 1 is 1.57 bits per heavy atom. The van der Waals surface area contributed by atoms with Crippen molar-refractivity contribution >= 4 is 23.2 Å². The lowest BCUT2D eigenvalue weighted by atomic mass is 9.98. The molecule has 1 saturated heterocycles. The third-order valence-corrected chi connectivity index (χ3v) is 4.43. The fourth-order valence-corrected chi connectivity index (χ4v) is 3.31. The first-order valence-corrected chi connectivity index (χ1v) is 7.82. The van der Waals surface area contributed by atoms with Gasteiger partial charge in [0, 0.05) is 31.1 Å². The number of rotatable bonds is 6. The second kappa shape index (κ2) is 7.42. The van der Waals surface area contributed by atoms with E-state index >= 15 is 0 Å². The number of piperidine rings is 1. The molecule has 0 saturated carbocycles. The maximum atomic E-state index is 12.4. The molecule has 116 valence electrons. The zero-order valence-corrected chi connectivity index (χ0v) is 12.8. The molecular weight excluding hydrogens is 292 g/mol. The number of ether oxygens (including phenoxy) is 1. The van der Waals surface area contributed by atoms with Gasteiger partial charge in [-0.05, 0) is 18.8 Å². The molecule has 0 aliphatic carbocycles. The van der Waals surface area contributed by atoms with E-state index in [1.54, 1.807) is 13.2 Å². The van der Waals surface area contributed by atoms with Gasteiger partial charge in [-0.2, -0.15) is 0 Å². The van der Waals surface area contributed by atoms with Crippen LogP contribution in [0.2, 0.25) is 0 Å². The smallest absolute Gasteiger partial charge is 0.317 e. The number of carboxylic acids is 1. The van der Waals surface area contributed by atoms with Crippen molar-refractivity contribution in [2.75, 3.05) is 33.3 Å². The van der Waals surface area contributed by atoms with Gasteiger partial charge in [0.2, 0.25) is 0 Å². The lowest BCUT2D eigenvalue weighted by Gasteiger charge is -2.32. The second-order valence-electron chi connectivity index (χ2n) is 5.13. The summed E-state index contributed by atoms with van der Waals surface area (Å²) in [4.78, 5) is 25.4. The molecule has 1 amide bonds. The van der Waals surface area contributed by atoms with Crippen LogP contribution in [0.4, 0.5) is 0 Å². The number of methoxy groups -OCH3 is 1. The van der Waals surface area contributed by atoms with Gasteiger partial charge in [0.1, 0.15) is 5.75 Å². The number of nitrogens with zero attached hydrogens (tertiary/aromatic N) is 1. The summed E-state index contributed by atoms with van der Waals surface area (Å²) in [5.74, 6) is 0.194. The van der Waals surface area contributed by atoms with Crippen LogP contribution in [0.15, 0.2) is 11.4 Å². The van der Waals surface area contributed by atoms with E-state index in [0.29, 0.717) is 29.6 Å². The van der Waals surface area contributed by atoms with Crippen LogP contribution in [0, 0.1) is 5.92 Å². The summed E-state index contributed by atoms with van der Waals surface area (Å²) in [6, 6.07) is 1.76. The molecule has 1 unspecified atom stereocenters. The fourth-order valence-electron chi connectivity index (χ4n) is 2.49. The summed E-state index contributed by atoms with van der Waals surface area (Å²) >= 11 is 1.39. The predicted octanol–water partition coefficient (Wildman–Crippen LogP) is 1.28. The molecule has 0 bridgehead atoms. The molecule has 0 aromatic carbocycles. The molecule has 6 nitrogen and oxygen atoms in total. The van der Waals surface area contributed by atoms with Gasteiger partial charge in [-0.25, -0.2) is 0 Å². The van der Waals surface area contributed by atoms with E-state index < -0.39 is 5.97 Å². The van der Waals surface area contributed by atoms with E-state index in [0.717, 1.165) is 19.4 Å². The molecule has 21 heavy (non-hydrogen) atoms. The van der Waals surface area contributed by atoms with Crippen molar-refractivity contribution in [3.8, 4) is 5.75 Å². The van der Waals surface area contributed by atoms with Crippen LogP contribution in [0.1, 0.15) is 22.5 Å². The van der Waals surface area contributed by atoms with Crippen molar-refractivity contribution in [3.63, 3.8) is 0 Å². The van der Waals surface area contributed by atoms with Crippen LogP contribution < -0.4 is 10.1 Å². The standard InChI is InChI=1S/C14H20N2O4S/c1-20-11-5-12(21-9-11)14(19)16-4-2-3-10(8-16)6-15-7-13(17)18/h5,9-10,15H,2-4,6-8H2,1H3,(H,17,18). The first-order valence-electron chi connectivity index (χ1n) is 6.94. The lowest BCUT2D eigenvalue weighted by molar-refractivity contribution is -0.136. The van der Waals surface area contributed by atoms with E-state index in [1.807, 2.05) is 10.3 Å². The predicted molar refractivity (Wildman–Crippen MR) is 80.0 cm³/mol. The van der Waals surface area contributed by atoms with Crippen LogP contribution in [-0.4, -0.2) is 55.2 Å². The van der Waals surface area contributed by atoms with Crippen molar-refractivity contribution in [2.45, 2.75) is 12.8 Å². The van der Waals surface area contributed by atoms with Crippen molar-refractivity contribution in [3.05, 3.63) is 16.3 Å². The topological polar surface area (TPSA) is 78.9 Å². The highest BCUT2D eigenvalue weighted by Gasteiger charge is 2.25. The molecule has 2 heterocycles. The zero-order chi connectivity index (χ0) is 15.2. The average Bonchev–Trinajstić information content (AvgIpc) is 2.95. The van der Waals surface area contributed by atoms with E-state index in [1.165, 1.54) is 11.3 Å². The largest absolute Gasteiger partial charge is 0.496 e. The molecular formula is C14H20N2O4S. The summed E-state index contributed by atoms with van der Waals surface area (Å²) in [7, 11) is 1.58. The van der Waals surface area contributed by atoms with E-state index in [4.69, 9.17) is 9.84 Å². The molecule has 1 aliphatic rings. The maximum Gasteiger partial charge on any atom is 0.317 e. The van der Waals surface area contributed by atoms with Gasteiger partial charge in [0.25, 0.3) is 5.91 Å². The van der Waals surface area contributed by atoms with Crippen molar-refractivity contribution in [2.24, 2.45) is 5.92 Å². The van der Waals surface area contributed by atoms with Crippen LogP contribution in [0.5, 0.6) is 5.75 Å². The van der Waals surface area contributed by atoms with Crippen molar-refractivity contribution < 1.29 is 19.4 Å².